The zero-order valence-corrected chi connectivity index (χ0v) is 19.9. The monoisotopic (exact) mass is 460 g/mol. The number of anilines is 1. The van der Waals surface area contributed by atoms with Gasteiger partial charge in [-0.15, -0.1) is 0 Å². The van der Waals surface area contributed by atoms with Crippen molar-refractivity contribution in [3.63, 3.8) is 0 Å². The van der Waals surface area contributed by atoms with Crippen LogP contribution in [0.25, 0.3) is 10.9 Å². The molecule has 1 aromatic heterocycles. The number of hydrogen-bond donors (Lipinski definition) is 1. The van der Waals surface area contributed by atoms with Gasteiger partial charge in [-0.05, 0) is 43.0 Å². The predicted octanol–water partition coefficient (Wildman–Crippen LogP) is 3.71. The smallest absolute Gasteiger partial charge is 0.270 e. The van der Waals surface area contributed by atoms with Crippen molar-refractivity contribution in [2.75, 3.05) is 31.6 Å². The minimum Gasteiger partial charge on any atom is -0.497 e. The molecule has 0 unspecified atom stereocenters. The van der Waals surface area contributed by atoms with Crippen LogP contribution >= 0.6 is 0 Å². The lowest BCUT2D eigenvalue weighted by atomic mass is 10.0. The number of aromatic nitrogens is 1. The van der Waals surface area contributed by atoms with Crippen LogP contribution in [-0.4, -0.2) is 54.1 Å². The van der Waals surface area contributed by atoms with Gasteiger partial charge in [0.1, 0.15) is 11.4 Å². The van der Waals surface area contributed by atoms with Gasteiger partial charge in [-0.2, -0.15) is 0 Å². The van der Waals surface area contributed by atoms with E-state index in [2.05, 4.69) is 34.5 Å². The van der Waals surface area contributed by atoms with Gasteiger partial charge >= 0.3 is 0 Å². The number of aryl methyl sites for hydroxylation is 1. The SMILES string of the molecule is COc1ccc2c(c1)c(N1CCCC1=O)c(C(=O)NC1CCN(Cc3ccccc3)CC1)n2C. The summed E-state index contributed by atoms with van der Waals surface area (Å²) in [6, 6.07) is 16.4. The standard InChI is InChI=1S/C27H32N4O3/c1-29-23-11-10-21(34-2)17-22(23)25(31-14-6-9-24(31)32)26(29)27(33)28-20-12-15-30(16-13-20)18-19-7-4-3-5-8-19/h3-5,7-8,10-11,17,20H,6,9,12-16,18H2,1-2H3,(H,28,33). The molecule has 34 heavy (non-hydrogen) atoms. The first-order valence-corrected chi connectivity index (χ1v) is 12.1. The Labute approximate surface area is 200 Å². The Morgan fingerprint density at radius 1 is 1.09 bits per heavy atom. The normalized spacial score (nSPS) is 17.5. The molecule has 2 aromatic carbocycles. The molecule has 2 saturated heterocycles. The number of ether oxygens (including phenoxy) is 1. The van der Waals surface area contributed by atoms with Crippen LogP contribution in [0.4, 0.5) is 5.69 Å². The van der Waals surface area contributed by atoms with Crippen LogP contribution < -0.4 is 15.0 Å². The molecule has 0 saturated carbocycles. The molecule has 1 N–H and O–H groups in total. The molecular formula is C27H32N4O3. The van der Waals surface area contributed by atoms with E-state index < -0.39 is 0 Å². The molecule has 0 spiro atoms. The minimum atomic E-state index is -0.117. The second kappa shape index (κ2) is 9.50. The highest BCUT2D eigenvalue weighted by molar-refractivity contribution is 6.14. The summed E-state index contributed by atoms with van der Waals surface area (Å²) in [5.74, 6) is 0.663. The fourth-order valence-corrected chi connectivity index (χ4v) is 5.28. The summed E-state index contributed by atoms with van der Waals surface area (Å²) in [6.45, 7) is 3.47. The molecule has 7 nitrogen and oxygen atoms in total. The topological polar surface area (TPSA) is 66.8 Å². The molecular weight excluding hydrogens is 428 g/mol. The van der Waals surface area contributed by atoms with E-state index in [1.54, 1.807) is 12.0 Å². The summed E-state index contributed by atoms with van der Waals surface area (Å²) in [5.41, 5.74) is 3.48. The molecule has 2 fully saturated rings. The maximum absolute atomic E-state index is 13.6. The van der Waals surface area contributed by atoms with Gasteiger partial charge in [0, 0.05) is 51.1 Å². The third-order valence-corrected chi connectivity index (χ3v) is 7.11. The maximum Gasteiger partial charge on any atom is 0.270 e. The molecule has 0 radical (unpaired) electrons. The maximum atomic E-state index is 13.6. The van der Waals surface area contributed by atoms with Gasteiger partial charge in [-0.25, -0.2) is 0 Å². The zero-order valence-electron chi connectivity index (χ0n) is 19.9. The van der Waals surface area contributed by atoms with Crippen molar-refractivity contribution < 1.29 is 14.3 Å². The summed E-state index contributed by atoms with van der Waals surface area (Å²) in [6.07, 6.45) is 3.14. The van der Waals surface area contributed by atoms with Crippen LogP contribution in [0.2, 0.25) is 0 Å². The van der Waals surface area contributed by atoms with Gasteiger partial charge in [0.25, 0.3) is 5.91 Å². The first-order chi connectivity index (χ1) is 16.5. The van der Waals surface area contributed by atoms with Gasteiger partial charge in [0.05, 0.1) is 18.3 Å². The Balaban J connectivity index is 1.36. The molecule has 2 aliphatic heterocycles. The first-order valence-electron chi connectivity index (χ1n) is 12.1. The van der Waals surface area contributed by atoms with Crippen molar-refractivity contribution in [3.8, 4) is 5.75 Å². The molecule has 0 aliphatic carbocycles. The van der Waals surface area contributed by atoms with Crippen molar-refractivity contribution in [3.05, 3.63) is 59.8 Å². The molecule has 7 heteroatoms. The lowest BCUT2D eigenvalue weighted by Gasteiger charge is -2.32. The Morgan fingerprint density at radius 2 is 1.85 bits per heavy atom. The number of methoxy groups -OCH3 is 1. The molecule has 5 rings (SSSR count). The summed E-state index contributed by atoms with van der Waals surface area (Å²) < 4.78 is 7.34. The molecule has 178 valence electrons. The number of piperidine rings is 1. The third kappa shape index (κ3) is 4.28. The van der Waals surface area contributed by atoms with E-state index in [-0.39, 0.29) is 17.9 Å². The van der Waals surface area contributed by atoms with Crippen molar-refractivity contribution in [2.45, 2.75) is 38.3 Å². The van der Waals surface area contributed by atoms with Crippen molar-refractivity contribution in [1.29, 1.82) is 0 Å². The second-order valence-corrected chi connectivity index (χ2v) is 9.30. The average molecular weight is 461 g/mol. The minimum absolute atomic E-state index is 0.0681. The van der Waals surface area contributed by atoms with Crippen LogP contribution in [-0.2, 0) is 18.4 Å². The van der Waals surface area contributed by atoms with E-state index in [0.717, 1.165) is 49.8 Å². The Bertz CT molecular complexity index is 1200. The zero-order chi connectivity index (χ0) is 23.7. The fourth-order valence-electron chi connectivity index (χ4n) is 5.28. The van der Waals surface area contributed by atoms with Crippen molar-refractivity contribution >= 4 is 28.4 Å². The van der Waals surface area contributed by atoms with E-state index in [1.807, 2.05) is 35.9 Å². The van der Waals surface area contributed by atoms with E-state index in [0.29, 0.717) is 30.1 Å². The van der Waals surface area contributed by atoms with E-state index in [1.165, 1.54) is 5.56 Å². The lowest BCUT2D eigenvalue weighted by molar-refractivity contribution is -0.117. The van der Waals surface area contributed by atoms with Gasteiger partial charge in [0.15, 0.2) is 0 Å². The Morgan fingerprint density at radius 3 is 2.53 bits per heavy atom. The molecule has 2 aliphatic rings. The molecule has 3 aromatic rings. The van der Waals surface area contributed by atoms with Gasteiger partial charge < -0.3 is 19.5 Å². The van der Waals surface area contributed by atoms with Crippen molar-refractivity contribution in [2.24, 2.45) is 7.05 Å². The van der Waals surface area contributed by atoms with E-state index >= 15 is 0 Å². The van der Waals surface area contributed by atoms with Gasteiger partial charge in [0.2, 0.25) is 5.91 Å². The summed E-state index contributed by atoms with van der Waals surface area (Å²) in [7, 11) is 3.53. The largest absolute Gasteiger partial charge is 0.497 e. The number of nitrogens with one attached hydrogen (secondary N) is 1. The van der Waals surface area contributed by atoms with Crippen LogP contribution in [0, 0.1) is 0 Å². The van der Waals surface area contributed by atoms with Gasteiger partial charge in [-0.3, -0.25) is 14.5 Å². The van der Waals surface area contributed by atoms with Crippen LogP contribution in [0.1, 0.15) is 41.7 Å². The summed E-state index contributed by atoms with van der Waals surface area (Å²) in [4.78, 5) is 30.5. The Kier molecular flexibility index (Phi) is 6.28. The summed E-state index contributed by atoms with van der Waals surface area (Å²) >= 11 is 0. The Hall–Kier alpha value is -3.32. The summed E-state index contributed by atoms with van der Waals surface area (Å²) in [5, 5.41) is 4.15. The van der Waals surface area contributed by atoms with E-state index in [4.69, 9.17) is 4.74 Å². The lowest BCUT2D eigenvalue weighted by Crippen LogP contribution is -2.45. The van der Waals surface area contributed by atoms with Gasteiger partial charge in [-0.1, -0.05) is 30.3 Å². The average Bonchev–Trinajstić information content (AvgIpc) is 3.40. The number of rotatable bonds is 6. The highest BCUT2D eigenvalue weighted by Gasteiger charge is 2.32. The number of fused-ring (bicyclic) bond motifs is 1. The predicted molar refractivity (Wildman–Crippen MR) is 133 cm³/mol. The highest BCUT2D eigenvalue weighted by Crippen LogP contribution is 2.38. The number of carbonyl (C=O) groups is 2. The molecule has 0 bridgehead atoms. The second-order valence-electron chi connectivity index (χ2n) is 9.30. The number of likely N-dealkylation sites (tertiary alicyclic amines) is 1. The number of benzene rings is 2. The fraction of sp³-hybridized carbons (Fsp3) is 0.407. The number of carbonyl (C=O) groups excluding carboxylic acids is 2. The quantitative estimate of drug-likeness (QED) is 0.609. The molecule has 0 atom stereocenters. The number of hydrogen-bond acceptors (Lipinski definition) is 4. The first kappa shape index (κ1) is 22.5. The van der Waals surface area contributed by atoms with Crippen LogP contribution in [0.3, 0.4) is 0 Å². The molecule has 2 amide bonds. The van der Waals surface area contributed by atoms with Crippen LogP contribution in [0.15, 0.2) is 48.5 Å². The molecule has 3 heterocycles. The van der Waals surface area contributed by atoms with E-state index in [9.17, 15) is 9.59 Å². The number of nitrogens with zero attached hydrogens (tertiary/aromatic N) is 3. The number of amides is 2. The van der Waals surface area contributed by atoms with Crippen LogP contribution in [0.5, 0.6) is 5.75 Å². The third-order valence-electron chi connectivity index (χ3n) is 7.11. The van der Waals surface area contributed by atoms with Crippen molar-refractivity contribution in [1.82, 2.24) is 14.8 Å². The highest BCUT2D eigenvalue weighted by atomic mass is 16.5.